The number of hydrogen-bond acceptors (Lipinski definition) is 4. The van der Waals surface area contributed by atoms with Gasteiger partial charge in [-0.25, -0.2) is 4.98 Å². The van der Waals surface area contributed by atoms with Crippen molar-refractivity contribution in [1.29, 1.82) is 0 Å². The van der Waals surface area contributed by atoms with Gasteiger partial charge in [0.15, 0.2) is 11.5 Å². The highest BCUT2D eigenvalue weighted by Gasteiger charge is 2.21. The number of nitrogens with zero attached hydrogens (tertiary/aromatic N) is 4. The second-order valence-corrected chi connectivity index (χ2v) is 6.71. The number of imidazole rings is 2. The molecule has 4 rings (SSSR count). The molecule has 1 atom stereocenters. The van der Waals surface area contributed by atoms with Gasteiger partial charge in [0.1, 0.15) is 0 Å². The summed E-state index contributed by atoms with van der Waals surface area (Å²) < 4.78 is 4.35. The number of para-hydroxylation sites is 2. The van der Waals surface area contributed by atoms with Crippen molar-refractivity contribution in [3.05, 3.63) is 48.7 Å². The number of aromatic hydroxyl groups is 2. The molecule has 6 nitrogen and oxygen atoms in total. The van der Waals surface area contributed by atoms with Gasteiger partial charge >= 0.3 is 0 Å². The van der Waals surface area contributed by atoms with Crippen LogP contribution < -0.4 is 0 Å². The van der Waals surface area contributed by atoms with E-state index in [0.717, 1.165) is 41.2 Å². The summed E-state index contributed by atoms with van der Waals surface area (Å²) in [6, 6.07) is 13.1. The third-order valence-corrected chi connectivity index (χ3v) is 5.29. The van der Waals surface area contributed by atoms with Crippen LogP contribution >= 0.6 is 0 Å². The van der Waals surface area contributed by atoms with Crippen molar-refractivity contribution in [3.63, 3.8) is 0 Å². The normalized spacial score (nSPS) is 13.0. The van der Waals surface area contributed by atoms with Crippen LogP contribution in [0.4, 0.5) is 0 Å². The zero-order valence-electron chi connectivity index (χ0n) is 15.8. The first-order valence-electron chi connectivity index (χ1n) is 9.29. The minimum absolute atomic E-state index is 0.132. The van der Waals surface area contributed by atoms with Gasteiger partial charge in [-0.3, -0.25) is 13.9 Å². The predicted molar refractivity (Wildman–Crippen MR) is 107 cm³/mol. The summed E-state index contributed by atoms with van der Waals surface area (Å²) in [6.45, 7) is 8.43. The summed E-state index contributed by atoms with van der Waals surface area (Å²) in [5, 5.41) is 19.4. The molecule has 0 fully saturated rings. The number of fused-ring (bicyclic) bond motifs is 3. The van der Waals surface area contributed by atoms with Crippen LogP contribution in [0.15, 0.2) is 48.7 Å². The van der Waals surface area contributed by atoms with Crippen molar-refractivity contribution in [2.24, 2.45) is 0 Å². The quantitative estimate of drug-likeness (QED) is 0.520. The lowest BCUT2D eigenvalue weighted by molar-refractivity contribution is 0.179. The van der Waals surface area contributed by atoms with E-state index in [2.05, 4.69) is 46.8 Å². The lowest BCUT2D eigenvalue weighted by Gasteiger charge is -2.28. The Balaban J connectivity index is 1.95. The molecular formula is C21H24N4O2. The number of rotatable bonds is 5. The van der Waals surface area contributed by atoms with Gasteiger partial charge in [0.2, 0.25) is 5.78 Å². The van der Waals surface area contributed by atoms with Crippen molar-refractivity contribution in [1.82, 2.24) is 18.9 Å². The highest BCUT2D eigenvalue weighted by atomic mass is 16.3. The number of aromatic nitrogens is 3. The fraction of sp³-hybridized carbons (Fsp3) is 0.286. The van der Waals surface area contributed by atoms with Gasteiger partial charge in [-0.05, 0) is 50.3 Å². The summed E-state index contributed by atoms with van der Waals surface area (Å²) in [5.74, 6) is 0.584. The molecule has 140 valence electrons. The van der Waals surface area contributed by atoms with E-state index in [9.17, 15) is 10.2 Å². The van der Waals surface area contributed by atoms with Crippen LogP contribution in [-0.4, -0.2) is 42.2 Å². The number of hydrogen-bond donors (Lipinski definition) is 2. The molecule has 2 aromatic carbocycles. The minimum atomic E-state index is -0.144. The topological polar surface area (TPSA) is 65.9 Å². The molecule has 0 spiro atoms. The molecular weight excluding hydrogens is 340 g/mol. The molecule has 0 bridgehead atoms. The molecule has 0 saturated heterocycles. The maximum atomic E-state index is 9.84. The molecule has 0 aliphatic rings. The van der Waals surface area contributed by atoms with Crippen LogP contribution in [-0.2, 0) is 0 Å². The molecule has 0 amide bonds. The molecule has 0 aliphatic heterocycles. The van der Waals surface area contributed by atoms with Crippen LogP contribution in [0.1, 0.15) is 26.9 Å². The first kappa shape index (κ1) is 17.4. The Morgan fingerprint density at radius 3 is 2.37 bits per heavy atom. The van der Waals surface area contributed by atoms with Crippen molar-refractivity contribution in [2.45, 2.75) is 26.9 Å². The van der Waals surface area contributed by atoms with Gasteiger partial charge in [0, 0.05) is 11.8 Å². The van der Waals surface area contributed by atoms with E-state index in [4.69, 9.17) is 4.98 Å². The van der Waals surface area contributed by atoms with Gasteiger partial charge in [0.05, 0.1) is 22.9 Å². The smallest absolute Gasteiger partial charge is 0.216 e. The molecule has 27 heavy (non-hydrogen) atoms. The number of benzene rings is 2. The lowest BCUT2D eigenvalue weighted by atomic mass is 10.1. The molecule has 6 heteroatoms. The largest absolute Gasteiger partial charge is 0.504 e. The molecule has 0 radical (unpaired) electrons. The van der Waals surface area contributed by atoms with Gasteiger partial charge in [-0.15, -0.1) is 0 Å². The average molecular weight is 364 g/mol. The average Bonchev–Trinajstić information content (AvgIpc) is 3.22. The van der Waals surface area contributed by atoms with E-state index in [0.29, 0.717) is 0 Å². The Bertz CT molecular complexity index is 1110. The fourth-order valence-corrected chi connectivity index (χ4v) is 3.80. The van der Waals surface area contributed by atoms with Crippen molar-refractivity contribution in [2.75, 3.05) is 13.1 Å². The highest BCUT2D eigenvalue weighted by molar-refractivity contribution is 5.82. The maximum absolute atomic E-state index is 9.84. The Morgan fingerprint density at radius 2 is 1.70 bits per heavy atom. The van der Waals surface area contributed by atoms with Crippen LogP contribution in [0.5, 0.6) is 11.5 Å². The van der Waals surface area contributed by atoms with Gasteiger partial charge in [-0.1, -0.05) is 26.0 Å². The Labute approximate surface area is 157 Å². The molecule has 1 unspecified atom stereocenters. The molecule has 2 aromatic heterocycles. The lowest BCUT2D eigenvalue weighted by Crippen LogP contribution is -2.30. The zero-order valence-corrected chi connectivity index (χ0v) is 15.8. The molecule has 0 saturated carbocycles. The summed E-state index contributed by atoms with van der Waals surface area (Å²) in [4.78, 5) is 7.25. The van der Waals surface area contributed by atoms with Crippen LogP contribution in [0.3, 0.4) is 0 Å². The van der Waals surface area contributed by atoms with Crippen LogP contribution in [0, 0.1) is 0 Å². The van der Waals surface area contributed by atoms with Gasteiger partial charge < -0.3 is 10.2 Å². The zero-order chi connectivity index (χ0) is 19.1. The van der Waals surface area contributed by atoms with E-state index < -0.39 is 0 Å². The first-order chi connectivity index (χ1) is 13.0. The summed E-state index contributed by atoms with van der Waals surface area (Å²) in [6.07, 6.45) is 2.14. The second kappa shape index (κ2) is 6.63. The van der Waals surface area contributed by atoms with Crippen LogP contribution in [0.25, 0.3) is 28.1 Å². The molecule has 2 heterocycles. The van der Waals surface area contributed by atoms with E-state index in [1.54, 1.807) is 6.07 Å². The van der Waals surface area contributed by atoms with E-state index >= 15 is 0 Å². The van der Waals surface area contributed by atoms with E-state index in [1.807, 2.05) is 18.3 Å². The Morgan fingerprint density at radius 1 is 1.00 bits per heavy atom. The molecule has 0 aliphatic carbocycles. The third-order valence-electron chi connectivity index (χ3n) is 5.29. The number of phenols is 2. The predicted octanol–water partition coefficient (Wildman–Crippen LogP) is 4.23. The van der Waals surface area contributed by atoms with Gasteiger partial charge in [0.25, 0.3) is 0 Å². The fourth-order valence-electron chi connectivity index (χ4n) is 3.80. The highest BCUT2D eigenvalue weighted by Crippen LogP contribution is 2.33. The van der Waals surface area contributed by atoms with Crippen molar-refractivity contribution >= 4 is 16.8 Å². The molecule has 4 aromatic rings. The number of phenolic OH excluding ortho intramolecular Hbond substituents is 2. The second-order valence-electron chi connectivity index (χ2n) is 6.71. The van der Waals surface area contributed by atoms with E-state index in [1.165, 1.54) is 12.1 Å². The SMILES string of the molecule is CCN(CC)C(C)n1c2ccccc2n2cc(-c3ccc(O)c(O)c3)nc12. The summed E-state index contributed by atoms with van der Waals surface area (Å²) in [7, 11) is 0. The van der Waals surface area contributed by atoms with Gasteiger partial charge in [-0.2, -0.15) is 0 Å². The monoisotopic (exact) mass is 364 g/mol. The summed E-state index contributed by atoms with van der Waals surface area (Å²) in [5.41, 5.74) is 3.75. The summed E-state index contributed by atoms with van der Waals surface area (Å²) >= 11 is 0. The van der Waals surface area contributed by atoms with Crippen molar-refractivity contribution in [3.8, 4) is 22.8 Å². The van der Waals surface area contributed by atoms with Crippen molar-refractivity contribution < 1.29 is 10.2 Å². The third kappa shape index (κ3) is 2.73. The Hall–Kier alpha value is -2.99. The molecule has 2 N–H and O–H groups in total. The van der Waals surface area contributed by atoms with Crippen LogP contribution in [0.2, 0.25) is 0 Å². The standard InChI is InChI=1S/C21H24N4O2/c1-4-23(5-2)14(3)25-18-9-7-6-8-17(18)24-13-16(22-21(24)25)15-10-11-19(26)20(27)12-15/h6-14,26-27H,4-5H2,1-3H3. The minimum Gasteiger partial charge on any atom is -0.504 e. The van der Waals surface area contributed by atoms with E-state index in [-0.39, 0.29) is 17.7 Å². The maximum Gasteiger partial charge on any atom is 0.216 e. The first-order valence-corrected chi connectivity index (χ1v) is 9.29. The Kier molecular flexibility index (Phi) is 4.28.